The topological polar surface area (TPSA) is 109 Å². The first-order valence-corrected chi connectivity index (χ1v) is 11.3. The van der Waals surface area contributed by atoms with Crippen molar-refractivity contribution in [2.45, 2.75) is 36.4 Å². The van der Waals surface area contributed by atoms with Crippen LogP contribution in [-0.2, 0) is 25.2 Å². The van der Waals surface area contributed by atoms with E-state index >= 15 is 0 Å². The van der Waals surface area contributed by atoms with Crippen molar-refractivity contribution in [2.24, 2.45) is 0 Å². The molecule has 1 N–H and O–H groups in total. The van der Waals surface area contributed by atoms with Crippen LogP contribution in [-0.4, -0.2) is 29.6 Å². The molecule has 30 heavy (non-hydrogen) atoms. The van der Waals surface area contributed by atoms with E-state index in [0.717, 1.165) is 9.54 Å². The highest BCUT2D eigenvalue weighted by molar-refractivity contribution is 9.10. The molecule has 1 aliphatic rings. The summed E-state index contributed by atoms with van der Waals surface area (Å²) in [6.07, 6.45) is 0.322. The summed E-state index contributed by atoms with van der Waals surface area (Å²) in [5.41, 5.74) is -0.685. The van der Waals surface area contributed by atoms with Crippen LogP contribution in [0, 0.1) is 18.3 Å². The normalized spacial score (nSPS) is 21.5. The molecule has 0 aliphatic carbocycles. The molecule has 2 aromatic carbocycles. The number of rotatable bonds is 4. The molecule has 1 fully saturated rings. The van der Waals surface area contributed by atoms with Gasteiger partial charge in [0.1, 0.15) is 6.10 Å². The van der Waals surface area contributed by atoms with Crippen LogP contribution in [0.1, 0.15) is 24.0 Å². The minimum Gasteiger partial charge on any atom is -0.459 e. The predicted molar refractivity (Wildman–Crippen MR) is 112 cm³/mol. The molecule has 154 valence electrons. The van der Waals surface area contributed by atoms with Gasteiger partial charge in [0.15, 0.2) is 5.60 Å². The molecule has 0 radical (unpaired) electrons. The SMILES string of the molecule is Cc1ccc(S(=O)(=O)n2cc(C3(O)CC(CC#N)OC3=O)c3cc(Br)ccc32)cc1. The fraction of sp³-hybridized carbons (Fsp3) is 0.238. The van der Waals surface area contributed by atoms with E-state index in [1.807, 2.05) is 13.0 Å². The van der Waals surface area contributed by atoms with E-state index in [9.17, 15) is 18.3 Å². The molecular formula is C21H17BrN2O5S. The van der Waals surface area contributed by atoms with Crippen molar-refractivity contribution in [1.82, 2.24) is 3.97 Å². The lowest BCUT2D eigenvalue weighted by Gasteiger charge is -2.17. The van der Waals surface area contributed by atoms with E-state index in [1.54, 1.807) is 30.3 Å². The van der Waals surface area contributed by atoms with Crippen LogP contribution in [0.3, 0.4) is 0 Å². The molecule has 0 spiro atoms. The van der Waals surface area contributed by atoms with Crippen LogP contribution in [0.2, 0.25) is 0 Å². The summed E-state index contributed by atoms with van der Waals surface area (Å²) >= 11 is 3.36. The zero-order valence-electron chi connectivity index (χ0n) is 15.9. The van der Waals surface area contributed by atoms with Gasteiger partial charge in [0.25, 0.3) is 10.0 Å². The molecule has 1 aromatic heterocycles. The van der Waals surface area contributed by atoms with Crippen molar-refractivity contribution in [2.75, 3.05) is 0 Å². The Labute approximate surface area is 181 Å². The van der Waals surface area contributed by atoms with E-state index in [2.05, 4.69) is 15.9 Å². The lowest BCUT2D eigenvalue weighted by Crippen LogP contribution is -2.31. The number of benzene rings is 2. The number of aromatic nitrogens is 1. The van der Waals surface area contributed by atoms with Gasteiger partial charge >= 0.3 is 5.97 Å². The van der Waals surface area contributed by atoms with E-state index < -0.39 is 27.7 Å². The number of nitriles is 1. The quantitative estimate of drug-likeness (QED) is 0.563. The summed E-state index contributed by atoms with van der Waals surface area (Å²) in [6, 6.07) is 13.3. The van der Waals surface area contributed by atoms with E-state index in [1.165, 1.54) is 18.3 Å². The summed E-state index contributed by atoms with van der Waals surface area (Å²) in [7, 11) is -3.99. The van der Waals surface area contributed by atoms with E-state index in [-0.39, 0.29) is 23.3 Å². The molecule has 0 bridgehead atoms. The lowest BCUT2D eigenvalue weighted by atomic mass is 9.90. The molecule has 0 saturated carbocycles. The number of esters is 1. The molecular weight excluding hydrogens is 472 g/mol. The van der Waals surface area contributed by atoms with Gasteiger partial charge in [0.2, 0.25) is 0 Å². The molecule has 4 rings (SSSR count). The Balaban J connectivity index is 1.94. The summed E-state index contributed by atoms with van der Waals surface area (Å²) in [6.45, 7) is 1.86. The summed E-state index contributed by atoms with van der Waals surface area (Å²) in [5, 5.41) is 20.5. The summed E-state index contributed by atoms with van der Waals surface area (Å²) in [4.78, 5) is 12.6. The third kappa shape index (κ3) is 3.21. The standard InChI is InChI=1S/C21H17BrN2O5S/c1-13-2-5-16(6-3-13)30(27,28)24-12-18(17-10-14(22)4-7-19(17)24)21(26)11-15(8-9-23)29-20(21)25/h2-7,10,12,15,26H,8,11H2,1H3. The second kappa shape index (κ2) is 7.23. The minimum absolute atomic E-state index is 0.0575. The predicted octanol–water partition coefficient (Wildman–Crippen LogP) is 3.37. The minimum atomic E-state index is -3.99. The first kappa shape index (κ1) is 20.6. The van der Waals surface area contributed by atoms with Gasteiger partial charge in [-0.1, -0.05) is 33.6 Å². The Bertz CT molecular complexity index is 1310. The Kier molecular flexibility index (Phi) is 4.97. The molecule has 2 heterocycles. The number of halogens is 1. The van der Waals surface area contributed by atoms with Gasteiger partial charge in [-0.05, 0) is 37.3 Å². The number of nitrogens with zero attached hydrogens (tertiary/aromatic N) is 2. The Morgan fingerprint density at radius 1 is 1.30 bits per heavy atom. The number of fused-ring (bicyclic) bond motifs is 1. The van der Waals surface area contributed by atoms with Crippen LogP contribution in [0.25, 0.3) is 10.9 Å². The maximum Gasteiger partial charge on any atom is 0.343 e. The van der Waals surface area contributed by atoms with Crippen molar-refractivity contribution in [3.05, 3.63) is 64.3 Å². The average Bonchev–Trinajstić information content (AvgIpc) is 3.21. The fourth-order valence-electron chi connectivity index (χ4n) is 3.66. The second-order valence-electron chi connectivity index (χ2n) is 7.27. The van der Waals surface area contributed by atoms with Crippen LogP contribution in [0.15, 0.2) is 58.0 Å². The highest BCUT2D eigenvalue weighted by Crippen LogP contribution is 2.41. The number of hydrogen-bond donors (Lipinski definition) is 1. The van der Waals surface area contributed by atoms with Gasteiger partial charge in [0.05, 0.1) is 22.9 Å². The third-order valence-electron chi connectivity index (χ3n) is 5.21. The second-order valence-corrected chi connectivity index (χ2v) is 10.0. The van der Waals surface area contributed by atoms with Crippen molar-refractivity contribution in [3.8, 4) is 6.07 Å². The van der Waals surface area contributed by atoms with Gasteiger partial charge < -0.3 is 9.84 Å². The maximum absolute atomic E-state index is 13.3. The molecule has 0 amide bonds. The fourth-order valence-corrected chi connectivity index (χ4v) is 5.39. The molecule has 3 aromatic rings. The highest BCUT2D eigenvalue weighted by atomic mass is 79.9. The molecule has 1 aliphatic heterocycles. The van der Waals surface area contributed by atoms with Crippen molar-refractivity contribution < 1.29 is 23.1 Å². The summed E-state index contributed by atoms with van der Waals surface area (Å²) in [5.74, 6) is -0.894. The maximum atomic E-state index is 13.3. The monoisotopic (exact) mass is 488 g/mol. The zero-order valence-corrected chi connectivity index (χ0v) is 18.3. The lowest BCUT2D eigenvalue weighted by molar-refractivity contribution is -0.155. The van der Waals surface area contributed by atoms with Crippen LogP contribution in [0.5, 0.6) is 0 Å². The van der Waals surface area contributed by atoms with Gasteiger partial charge in [-0.3, -0.25) is 0 Å². The van der Waals surface area contributed by atoms with Crippen molar-refractivity contribution in [3.63, 3.8) is 0 Å². The number of aryl methyl sites for hydroxylation is 1. The Morgan fingerprint density at radius 2 is 2.00 bits per heavy atom. The number of carbonyl (C=O) groups is 1. The van der Waals surface area contributed by atoms with E-state index in [4.69, 9.17) is 10.00 Å². The smallest absolute Gasteiger partial charge is 0.343 e. The Hall–Kier alpha value is -2.67. The number of carbonyl (C=O) groups excluding carboxylic acids is 1. The molecule has 1 saturated heterocycles. The number of cyclic esters (lactones) is 1. The third-order valence-corrected chi connectivity index (χ3v) is 7.39. The van der Waals surface area contributed by atoms with Crippen LogP contribution in [0.4, 0.5) is 0 Å². The molecule has 2 atom stereocenters. The van der Waals surface area contributed by atoms with E-state index in [0.29, 0.717) is 15.4 Å². The first-order chi connectivity index (χ1) is 14.2. The average molecular weight is 489 g/mol. The molecule has 9 heteroatoms. The number of hydrogen-bond acceptors (Lipinski definition) is 6. The number of aliphatic hydroxyl groups is 1. The van der Waals surface area contributed by atoms with Gasteiger partial charge in [-0.2, -0.15) is 5.26 Å². The summed E-state index contributed by atoms with van der Waals surface area (Å²) < 4.78 is 33.6. The Morgan fingerprint density at radius 3 is 2.67 bits per heavy atom. The largest absolute Gasteiger partial charge is 0.459 e. The van der Waals surface area contributed by atoms with Gasteiger partial charge in [0, 0.05) is 28.0 Å². The zero-order chi connectivity index (χ0) is 21.7. The van der Waals surface area contributed by atoms with Gasteiger partial charge in [-0.15, -0.1) is 0 Å². The van der Waals surface area contributed by atoms with Gasteiger partial charge in [-0.25, -0.2) is 17.2 Å². The molecule has 7 nitrogen and oxygen atoms in total. The van der Waals surface area contributed by atoms with Crippen molar-refractivity contribution >= 4 is 42.8 Å². The number of ether oxygens (including phenoxy) is 1. The van der Waals surface area contributed by atoms with Crippen LogP contribution < -0.4 is 0 Å². The molecule has 2 unspecified atom stereocenters. The first-order valence-electron chi connectivity index (χ1n) is 9.10. The van der Waals surface area contributed by atoms with Crippen LogP contribution >= 0.6 is 15.9 Å². The highest BCUT2D eigenvalue weighted by Gasteiger charge is 2.51. The van der Waals surface area contributed by atoms with Crippen molar-refractivity contribution in [1.29, 1.82) is 5.26 Å².